The Morgan fingerprint density at radius 3 is 3.06 bits per heavy atom. The predicted octanol–water partition coefficient (Wildman–Crippen LogP) is 0.432. The first-order chi connectivity index (χ1) is 7.72. The van der Waals surface area contributed by atoms with E-state index in [0.717, 1.165) is 11.1 Å². The number of aliphatic hydroxyl groups excluding tert-OH is 1. The lowest BCUT2D eigenvalue weighted by molar-refractivity contribution is 0.141. The SMILES string of the molecule is Cc1ccncc1-c1noc([C@@H](O)CN)n1. The average molecular weight is 220 g/mol. The number of nitrogens with two attached hydrogens (primary N) is 1. The monoisotopic (exact) mass is 220 g/mol. The minimum absolute atomic E-state index is 0.0493. The van der Waals surface area contributed by atoms with Gasteiger partial charge in [-0.05, 0) is 18.6 Å². The Bertz CT molecular complexity index is 483. The topological polar surface area (TPSA) is 98.1 Å². The summed E-state index contributed by atoms with van der Waals surface area (Å²) in [6, 6.07) is 1.85. The quantitative estimate of drug-likeness (QED) is 0.778. The van der Waals surface area contributed by atoms with Crippen LogP contribution in [0.1, 0.15) is 17.6 Å². The predicted molar refractivity (Wildman–Crippen MR) is 56.3 cm³/mol. The summed E-state index contributed by atoms with van der Waals surface area (Å²) >= 11 is 0. The molecule has 2 aromatic rings. The molecule has 0 radical (unpaired) electrons. The number of rotatable bonds is 3. The van der Waals surface area contributed by atoms with Crippen LogP contribution in [0.3, 0.4) is 0 Å². The van der Waals surface area contributed by atoms with Crippen molar-refractivity contribution in [1.29, 1.82) is 0 Å². The summed E-state index contributed by atoms with van der Waals surface area (Å²) in [6.07, 6.45) is 2.42. The van der Waals surface area contributed by atoms with Crippen LogP contribution in [-0.2, 0) is 0 Å². The maximum atomic E-state index is 9.42. The smallest absolute Gasteiger partial charge is 0.257 e. The minimum atomic E-state index is -0.918. The fourth-order valence-electron chi connectivity index (χ4n) is 1.28. The van der Waals surface area contributed by atoms with E-state index in [9.17, 15) is 5.11 Å². The van der Waals surface area contributed by atoms with Crippen molar-refractivity contribution < 1.29 is 9.63 Å². The average Bonchev–Trinajstić information content (AvgIpc) is 2.78. The third-order valence-corrected chi connectivity index (χ3v) is 2.23. The highest BCUT2D eigenvalue weighted by Gasteiger charge is 2.16. The van der Waals surface area contributed by atoms with Gasteiger partial charge in [0, 0.05) is 24.5 Å². The molecule has 2 rings (SSSR count). The van der Waals surface area contributed by atoms with Gasteiger partial charge in [0.05, 0.1) is 0 Å². The molecule has 0 aliphatic heterocycles. The first kappa shape index (κ1) is 10.7. The maximum Gasteiger partial charge on any atom is 0.257 e. The Morgan fingerprint density at radius 2 is 2.38 bits per heavy atom. The standard InChI is InChI=1S/C10H12N4O2/c1-6-2-3-12-5-7(6)9-13-10(16-14-9)8(15)4-11/h2-3,5,8,15H,4,11H2,1H3/t8-/m0/s1. The van der Waals surface area contributed by atoms with Crippen LogP contribution >= 0.6 is 0 Å². The molecule has 0 aliphatic carbocycles. The fourth-order valence-corrected chi connectivity index (χ4v) is 1.28. The molecule has 6 heteroatoms. The Hall–Kier alpha value is -1.79. The van der Waals surface area contributed by atoms with Crippen molar-refractivity contribution in [3.8, 4) is 11.4 Å². The van der Waals surface area contributed by atoms with Gasteiger partial charge >= 0.3 is 0 Å². The van der Waals surface area contributed by atoms with Gasteiger partial charge in [0.2, 0.25) is 5.82 Å². The molecule has 0 bridgehead atoms. The Balaban J connectivity index is 2.35. The number of hydrogen-bond acceptors (Lipinski definition) is 6. The number of aryl methyl sites for hydroxylation is 1. The van der Waals surface area contributed by atoms with Crippen LogP contribution in [0.15, 0.2) is 23.0 Å². The van der Waals surface area contributed by atoms with Crippen molar-refractivity contribution >= 4 is 0 Å². The highest BCUT2D eigenvalue weighted by atomic mass is 16.5. The van der Waals surface area contributed by atoms with E-state index in [-0.39, 0.29) is 12.4 Å². The Morgan fingerprint density at radius 1 is 1.56 bits per heavy atom. The van der Waals surface area contributed by atoms with Gasteiger partial charge in [-0.2, -0.15) is 4.98 Å². The lowest BCUT2D eigenvalue weighted by Gasteiger charge is -1.99. The van der Waals surface area contributed by atoms with Gasteiger partial charge in [-0.15, -0.1) is 0 Å². The minimum Gasteiger partial charge on any atom is -0.382 e. The van der Waals surface area contributed by atoms with E-state index in [4.69, 9.17) is 10.3 Å². The first-order valence-electron chi connectivity index (χ1n) is 4.85. The van der Waals surface area contributed by atoms with Gasteiger partial charge in [-0.3, -0.25) is 4.98 Å². The molecule has 0 aliphatic rings. The summed E-state index contributed by atoms with van der Waals surface area (Å²) in [4.78, 5) is 8.05. The van der Waals surface area contributed by atoms with E-state index >= 15 is 0 Å². The summed E-state index contributed by atoms with van der Waals surface area (Å²) in [5.74, 6) is 0.536. The van der Waals surface area contributed by atoms with Gasteiger partial charge in [-0.25, -0.2) is 0 Å². The van der Waals surface area contributed by atoms with Crippen LogP contribution in [0, 0.1) is 6.92 Å². The van der Waals surface area contributed by atoms with Crippen LogP contribution in [0.5, 0.6) is 0 Å². The lowest BCUT2D eigenvalue weighted by atomic mass is 10.1. The van der Waals surface area contributed by atoms with Gasteiger partial charge in [0.1, 0.15) is 6.10 Å². The molecule has 0 saturated heterocycles. The van der Waals surface area contributed by atoms with Crippen LogP contribution in [0.25, 0.3) is 11.4 Å². The van der Waals surface area contributed by atoms with Crippen molar-refractivity contribution in [2.45, 2.75) is 13.0 Å². The third kappa shape index (κ3) is 1.93. The molecule has 0 amide bonds. The number of aromatic nitrogens is 3. The van der Waals surface area contributed by atoms with Crippen molar-refractivity contribution in [1.82, 2.24) is 15.1 Å². The van der Waals surface area contributed by atoms with Crippen molar-refractivity contribution in [3.05, 3.63) is 29.9 Å². The van der Waals surface area contributed by atoms with E-state index in [2.05, 4.69) is 15.1 Å². The van der Waals surface area contributed by atoms with E-state index in [0.29, 0.717) is 5.82 Å². The molecule has 84 valence electrons. The molecule has 1 atom stereocenters. The van der Waals surface area contributed by atoms with E-state index < -0.39 is 6.10 Å². The molecule has 2 aromatic heterocycles. The second-order valence-corrected chi connectivity index (χ2v) is 3.40. The van der Waals surface area contributed by atoms with Gasteiger partial charge in [0.15, 0.2) is 0 Å². The maximum absolute atomic E-state index is 9.42. The highest BCUT2D eigenvalue weighted by Crippen LogP contribution is 2.20. The summed E-state index contributed by atoms with van der Waals surface area (Å²) < 4.78 is 4.91. The van der Waals surface area contributed by atoms with Crippen LogP contribution in [0.2, 0.25) is 0 Å². The van der Waals surface area contributed by atoms with E-state index in [1.807, 2.05) is 13.0 Å². The van der Waals surface area contributed by atoms with Crippen LogP contribution in [-0.4, -0.2) is 26.8 Å². The zero-order valence-electron chi connectivity index (χ0n) is 8.79. The Labute approximate surface area is 92.1 Å². The van der Waals surface area contributed by atoms with Crippen molar-refractivity contribution in [3.63, 3.8) is 0 Å². The molecule has 16 heavy (non-hydrogen) atoms. The molecular formula is C10H12N4O2. The number of nitrogens with zero attached hydrogens (tertiary/aromatic N) is 3. The molecule has 2 heterocycles. The van der Waals surface area contributed by atoms with Crippen molar-refractivity contribution in [2.75, 3.05) is 6.54 Å². The molecule has 0 saturated carbocycles. The van der Waals surface area contributed by atoms with Crippen molar-refractivity contribution in [2.24, 2.45) is 5.73 Å². The summed E-state index contributed by atoms with van der Waals surface area (Å²) in [7, 11) is 0. The summed E-state index contributed by atoms with van der Waals surface area (Å²) in [5.41, 5.74) is 7.06. The number of hydrogen-bond donors (Lipinski definition) is 2. The molecule has 0 unspecified atom stereocenters. The molecular weight excluding hydrogens is 208 g/mol. The molecule has 6 nitrogen and oxygen atoms in total. The number of pyridine rings is 1. The Kier molecular flexibility index (Phi) is 2.93. The number of aliphatic hydroxyl groups is 1. The molecule has 0 aromatic carbocycles. The summed E-state index contributed by atoms with van der Waals surface area (Å²) in [6.45, 7) is 1.97. The second-order valence-electron chi connectivity index (χ2n) is 3.40. The van der Waals surface area contributed by atoms with Crippen LogP contribution in [0.4, 0.5) is 0 Å². The second kappa shape index (κ2) is 4.38. The highest BCUT2D eigenvalue weighted by molar-refractivity contribution is 5.57. The van der Waals surface area contributed by atoms with Gasteiger partial charge in [0.25, 0.3) is 5.89 Å². The fraction of sp³-hybridized carbons (Fsp3) is 0.300. The molecule has 3 N–H and O–H groups in total. The van der Waals surface area contributed by atoms with Crippen LogP contribution < -0.4 is 5.73 Å². The first-order valence-corrected chi connectivity index (χ1v) is 4.85. The van der Waals surface area contributed by atoms with Gasteiger partial charge < -0.3 is 15.4 Å². The largest absolute Gasteiger partial charge is 0.382 e. The normalized spacial score (nSPS) is 12.7. The lowest BCUT2D eigenvalue weighted by Crippen LogP contribution is -2.11. The zero-order chi connectivity index (χ0) is 11.5. The third-order valence-electron chi connectivity index (χ3n) is 2.23. The van der Waals surface area contributed by atoms with E-state index in [1.54, 1.807) is 12.4 Å². The summed E-state index contributed by atoms with van der Waals surface area (Å²) in [5, 5.41) is 13.2. The van der Waals surface area contributed by atoms with E-state index in [1.165, 1.54) is 0 Å². The molecule has 0 fully saturated rings. The van der Waals surface area contributed by atoms with Gasteiger partial charge in [-0.1, -0.05) is 5.16 Å². The molecule has 0 spiro atoms. The zero-order valence-corrected chi connectivity index (χ0v) is 8.79.